The summed E-state index contributed by atoms with van der Waals surface area (Å²) in [6.07, 6.45) is 7.98. The molecule has 14 heavy (non-hydrogen) atoms. The average Bonchev–Trinajstić information content (AvgIpc) is 2.10. The summed E-state index contributed by atoms with van der Waals surface area (Å²) in [6, 6.07) is 0.214. The molecule has 0 fully saturated rings. The van der Waals surface area contributed by atoms with Gasteiger partial charge >= 0.3 is 0 Å². The molecule has 0 aliphatic heterocycles. The molecule has 0 radical (unpaired) electrons. The summed E-state index contributed by atoms with van der Waals surface area (Å²) in [5, 5.41) is 5.88. The lowest BCUT2D eigenvalue weighted by Gasteiger charge is -2.08. The van der Waals surface area contributed by atoms with Crippen molar-refractivity contribution in [3.05, 3.63) is 0 Å². The van der Waals surface area contributed by atoms with Crippen molar-refractivity contribution >= 4 is 5.91 Å². The van der Waals surface area contributed by atoms with Crippen LogP contribution in [0.4, 0.5) is 0 Å². The van der Waals surface area contributed by atoms with Crippen molar-refractivity contribution in [2.75, 3.05) is 13.1 Å². The van der Waals surface area contributed by atoms with E-state index in [2.05, 4.69) is 16.6 Å². The fraction of sp³-hybridized carbons (Fsp3) is 0.727. The SMILES string of the molecule is C#CCCCCNCC(=O)NC(C)C. The largest absolute Gasteiger partial charge is 0.353 e. The van der Waals surface area contributed by atoms with Crippen LogP contribution in [0.1, 0.15) is 33.1 Å². The smallest absolute Gasteiger partial charge is 0.234 e. The normalized spacial score (nSPS) is 9.86. The topological polar surface area (TPSA) is 41.1 Å². The zero-order valence-electron chi connectivity index (χ0n) is 9.10. The number of hydrogen-bond donors (Lipinski definition) is 2. The first-order chi connectivity index (χ1) is 6.66. The summed E-state index contributed by atoms with van der Waals surface area (Å²) in [5.41, 5.74) is 0. The third-order valence-corrected chi connectivity index (χ3v) is 1.66. The van der Waals surface area contributed by atoms with Gasteiger partial charge < -0.3 is 10.6 Å². The Labute approximate surface area is 86.6 Å². The highest BCUT2D eigenvalue weighted by Crippen LogP contribution is 1.90. The number of rotatable bonds is 7. The summed E-state index contributed by atoms with van der Waals surface area (Å²) < 4.78 is 0. The first-order valence-corrected chi connectivity index (χ1v) is 5.10. The number of terminal acetylenes is 1. The third kappa shape index (κ3) is 9.08. The second kappa shape index (κ2) is 8.58. The summed E-state index contributed by atoms with van der Waals surface area (Å²) in [6.45, 7) is 5.15. The van der Waals surface area contributed by atoms with Gasteiger partial charge in [0.05, 0.1) is 6.54 Å². The van der Waals surface area contributed by atoms with Crippen molar-refractivity contribution in [3.8, 4) is 12.3 Å². The molecule has 0 atom stereocenters. The Balaban J connectivity index is 3.20. The predicted molar refractivity (Wildman–Crippen MR) is 58.8 cm³/mol. The van der Waals surface area contributed by atoms with Crippen LogP contribution in [0.5, 0.6) is 0 Å². The van der Waals surface area contributed by atoms with Gasteiger partial charge in [0.25, 0.3) is 0 Å². The van der Waals surface area contributed by atoms with E-state index in [1.165, 1.54) is 0 Å². The summed E-state index contributed by atoms with van der Waals surface area (Å²) in [4.78, 5) is 11.1. The number of hydrogen-bond acceptors (Lipinski definition) is 2. The van der Waals surface area contributed by atoms with Gasteiger partial charge in [0.1, 0.15) is 0 Å². The number of carbonyl (C=O) groups is 1. The van der Waals surface area contributed by atoms with E-state index in [9.17, 15) is 4.79 Å². The monoisotopic (exact) mass is 196 g/mol. The Morgan fingerprint density at radius 2 is 2.14 bits per heavy atom. The van der Waals surface area contributed by atoms with Crippen molar-refractivity contribution in [3.63, 3.8) is 0 Å². The molecule has 1 amide bonds. The molecule has 3 heteroatoms. The van der Waals surface area contributed by atoms with Crippen LogP contribution >= 0.6 is 0 Å². The zero-order valence-corrected chi connectivity index (χ0v) is 9.10. The van der Waals surface area contributed by atoms with Crippen LogP contribution in [0.2, 0.25) is 0 Å². The molecule has 0 bridgehead atoms. The van der Waals surface area contributed by atoms with E-state index in [0.29, 0.717) is 6.54 Å². The number of unbranched alkanes of at least 4 members (excludes halogenated alkanes) is 2. The molecule has 0 unspecified atom stereocenters. The molecule has 0 rings (SSSR count). The lowest BCUT2D eigenvalue weighted by molar-refractivity contribution is -0.120. The van der Waals surface area contributed by atoms with Gasteiger partial charge in [0, 0.05) is 12.5 Å². The van der Waals surface area contributed by atoms with Crippen molar-refractivity contribution in [2.45, 2.75) is 39.2 Å². The molecule has 2 N–H and O–H groups in total. The fourth-order valence-electron chi connectivity index (χ4n) is 1.05. The average molecular weight is 196 g/mol. The minimum Gasteiger partial charge on any atom is -0.353 e. The molecule has 0 aliphatic rings. The molecule has 0 saturated carbocycles. The van der Waals surface area contributed by atoms with Gasteiger partial charge in [-0.3, -0.25) is 4.79 Å². The van der Waals surface area contributed by atoms with Crippen molar-refractivity contribution < 1.29 is 4.79 Å². The van der Waals surface area contributed by atoms with E-state index < -0.39 is 0 Å². The van der Waals surface area contributed by atoms with E-state index in [1.807, 2.05) is 13.8 Å². The van der Waals surface area contributed by atoms with E-state index >= 15 is 0 Å². The molecule has 0 aromatic rings. The molecule has 80 valence electrons. The van der Waals surface area contributed by atoms with Crippen molar-refractivity contribution in [2.24, 2.45) is 0 Å². The van der Waals surface area contributed by atoms with Gasteiger partial charge in [0.2, 0.25) is 5.91 Å². The molecule has 0 saturated heterocycles. The van der Waals surface area contributed by atoms with Crippen molar-refractivity contribution in [1.82, 2.24) is 10.6 Å². The highest BCUT2D eigenvalue weighted by molar-refractivity contribution is 5.78. The first-order valence-electron chi connectivity index (χ1n) is 5.10. The maximum Gasteiger partial charge on any atom is 0.234 e. The summed E-state index contributed by atoms with van der Waals surface area (Å²) in [7, 11) is 0. The Morgan fingerprint density at radius 3 is 2.71 bits per heavy atom. The second-order valence-corrected chi connectivity index (χ2v) is 3.56. The Bertz CT molecular complexity index is 194. The highest BCUT2D eigenvalue weighted by atomic mass is 16.1. The first kappa shape index (κ1) is 13.0. The Morgan fingerprint density at radius 1 is 1.43 bits per heavy atom. The second-order valence-electron chi connectivity index (χ2n) is 3.56. The van der Waals surface area contributed by atoms with E-state index in [1.54, 1.807) is 0 Å². The number of nitrogens with one attached hydrogen (secondary N) is 2. The summed E-state index contributed by atoms with van der Waals surface area (Å²) in [5.74, 6) is 2.64. The minimum absolute atomic E-state index is 0.0527. The molecular weight excluding hydrogens is 176 g/mol. The van der Waals surface area contributed by atoms with E-state index in [-0.39, 0.29) is 11.9 Å². The highest BCUT2D eigenvalue weighted by Gasteiger charge is 2.00. The predicted octanol–water partition coefficient (Wildman–Crippen LogP) is 0.904. The van der Waals surface area contributed by atoms with Gasteiger partial charge in [-0.1, -0.05) is 0 Å². The molecular formula is C11H20N2O. The van der Waals surface area contributed by atoms with Gasteiger partial charge in [-0.25, -0.2) is 0 Å². The van der Waals surface area contributed by atoms with E-state index in [4.69, 9.17) is 6.42 Å². The third-order valence-electron chi connectivity index (χ3n) is 1.66. The molecule has 0 aromatic carbocycles. The van der Waals surface area contributed by atoms with Crippen LogP contribution in [-0.2, 0) is 4.79 Å². The van der Waals surface area contributed by atoms with Crippen LogP contribution in [0.3, 0.4) is 0 Å². The van der Waals surface area contributed by atoms with Crippen molar-refractivity contribution in [1.29, 1.82) is 0 Å². The Hall–Kier alpha value is -1.01. The molecule has 0 aliphatic carbocycles. The van der Waals surface area contributed by atoms with Gasteiger partial charge in [-0.2, -0.15) is 0 Å². The van der Waals surface area contributed by atoms with Crippen LogP contribution in [0.25, 0.3) is 0 Å². The fourth-order valence-corrected chi connectivity index (χ4v) is 1.05. The maximum absolute atomic E-state index is 11.1. The van der Waals surface area contributed by atoms with Crippen LogP contribution in [0.15, 0.2) is 0 Å². The molecule has 3 nitrogen and oxygen atoms in total. The lowest BCUT2D eigenvalue weighted by Crippen LogP contribution is -2.37. The minimum atomic E-state index is 0.0527. The summed E-state index contributed by atoms with van der Waals surface area (Å²) >= 11 is 0. The molecule has 0 heterocycles. The maximum atomic E-state index is 11.1. The lowest BCUT2D eigenvalue weighted by atomic mass is 10.2. The molecule has 0 aromatic heterocycles. The Kier molecular flexibility index (Phi) is 7.96. The van der Waals surface area contributed by atoms with E-state index in [0.717, 1.165) is 25.8 Å². The van der Waals surface area contributed by atoms with Crippen LogP contribution in [-0.4, -0.2) is 25.0 Å². The quantitative estimate of drug-likeness (QED) is 0.469. The van der Waals surface area contributed by atoms with Crippen LogP contribution < -0.4 is 10.6 Å². The standard InChI is InChI=1S/C11H20N2O/c1-4-5-6-7-8-12-9-11(14)13-10(2)3/h1,10,12H,5-9H2,2-3H3,(H,13,14). The number of amides is 1. The number of carbonyl (C=O) groups excluding carboxylic acids is 1. The van der Waals surface area contributed by atoms with Crippen LogP contribution in [0, 0.1) is 12.3 Å². The van der Waals surface area contributed by atoms with Gasteiger partial charge in [-0.15, -0.1) is 12.3 Å². The van der Waals surface area contributed by atoms with Gasteiger partial charge in [-0.05, 0) is 33.2 Å². The van der Waals surface area contributed by atoms with Gasteiger partial charge in [0.15, 0.2) is 0 Å². The zero-order chi connectivity index (χ0) is 10.8. The molecule has 0 spiro atoms.